The van der Waals surface area contributed by atoms with E-state index >= 15 is 0 Å². The molecule has 0 aliphatic carbocycles. The van der Waals surface area contributed by atoms with Gasteiger partial charge in [-0.25, -0.2) is 0 Å². The van der Waals surface area contributed by atoms with E-state index in [1.807, 2.05) is 11.7 Å². The minimum Gasteiger partial charge on any atom is -0.330 e. The maximum atomic E-state index is 6.04. The number of para-hydroxylation sites is 1. The fourth-order valence-corrected chi connectivity index (χ4v) is 3.04. The Morgan fingerprint density at radius 1 is 1.10 bits per heavy atom. The Bertz CT molecular complexity index is 758. The number of hydrogen-bond donors (Lipinski definition) is 1. The largest absolute Gasteiger partial charge is 0.330 e. The summed E-state index contributed by atoms with van der Waals surface area (Å²) in [6.45, 7) is 2.78. The number of nitrogens with two attached hydrogens (primary N) is 1. The molecule has 3 heteroatoms. The first kappa shape index (κ1) is 13.8. The van der Waals surface area contributed by atoms with Crippen LogP contribution in [-0.2, 0) is 13.5 Å². The van der Waals surface area contributed by atoms with Gasteiger partial charge in [-0.1, -0.05) is 42.5 Å². The topological polar surface area (TPSA) is 43.8 Å². The van der Waals surface area contributed by atoms with Gasteiger partial charge >= 0.3 is 0 Å². The molecule has 3 nitrogen and oxygen atoms in total. The van der Waals surface area contributed by atoms with Crippen LogP contribution in [0, 0.1) is 6.92 Å². The molecular weight excluding hydrogens is 258 g/mol. The predicted molar refractivity (Wildman–Crippen MR) is 87.4 cm³/mol. The Morgan fingerprint density at radius 2 is 1.81 bits per heavy atom. The van der Waals surface area contributed by atoms with Crippen LogP contribution in [0.5, 0.6) is 0 Å². The Morgan fingerprint density at radius 3 is 2.57 bits per heavy atom. The average Bonchev–Trinajstić information content (AvgIpc) is 2.82. The van der Waals surface area contributed by atoms with Gasteiger partial charge in [0.1, 0.15) is 0 Å². The van der Waals surface area contributed by atoms with Crippen molar-refractivity contribution in [3.63, 3.8) is 0 Å². The highest BCUT2D eigenvalue weighted by atomic mass is 15.3. The average molecular weight is 279 g/mol. The normalized spacial score (nSPS) is 12.7. The fraction of sp³-hybridized carbons (Fsp3) is 0.278. The molecule has 2 aromatic carbocycles. The molecule has 0 amide bonds. The van der Waals surface area contributed by atoms with Gasteiger partial charge in [0, 0.05) is 24.8 Å². The van der Waals surface area contributed by atoms with Crippen molar-refractivity contribution in [3.05, 3.63) is 65.4 Å². The fourth-order valence-electron chi connectivity index (χ4n) is 3.04. The van der Waals surface area contributed by atoms with Crippen LogP contribution in [0.1, 0.15) is 22.7 Å². The van der Waals surface area contributed by atoms with Gasteiger partial charge in [0.2, 0.25) is 0 Å². The summed E-state index contributed by atoms with van der Waals surface area (Å²) >= 11 is 0. The Balaban J connectivity index is 1.99. The maximum Gasteiger partial charge on any atom is 0.0709 e. The molecule has 0 saturated heterocycles. The van der Waals surface area contributed by atoms with Crippen LogP contribution in [0.25, 0.3) is 10.9 Å². The minimum absolute atomic E-state index is 0.310. The first-order valence-corrected chi connectivity index (χ1v) is 7.37. The number of hydrogen-bond acceptors (Lipinski definition) is 2. The van der Waals surface area contributed by atoms with E-state index in [2.05, 4.69) is 55.5 Å². The van der Waals surface area contributed by atoms with Gasteiger partial charge in [0.15, 0.2) is 0 Å². The summed E-state index contributed by atoms with van der Waals surface area (Å²) in [4.78, 5) is 0. The molecule has 2 N–H and O–H groups in total. The summed E-state index contributed by atoms with van der Waals surface area (Å²) in [5.74, 6) is 0.310. The van der Waals surface area contributed by atoms with Gasteiger partial charge in [-0.2, -0.15) is 5.10 Å². The van der Waals surface area contributed by atoms with Crippen molar-refractivity contribution < 1.29 is 0 Å². The molecule has 21 heavy (non-hydrogen) atoms. The third-order valence-corrected chi connectivity index (χ3v) is 4.19. The molecule has 0 saturated carbocycles. The number of aryl methyl sites for hydroxylation is 2. The molecule has 1 heterocycles. The van der Waals surface area contributed by atoms with Crippen LogP contribution >= 0.6 is 0 Å². The van der Waals surface area contributed by atoms with Crippen molar-refractivity contribution in [2.45, 2.75) is 19.3 Å². The number of nitrogens with zero attached hydrogens (tertiary/aromatic N) is 2. The minimum atomic E-state index is 0.310. The van der Waals surface area contributed by atoms with Crippen molar-refractivity contribution in [1.82, 2.24) is 9.78 Å². The molecule has 0 radical (unpaired) electrons. The van der Waals surface area contributed by atoms with Crippen LogP contribution in [-0.4, -0.2) is 16.3 Å². The van der Waals surface area contributed by atoms with E-state index in [0.29, 0.717) is 12.5 Å². The zero-order chi connectivity index (χ0) is 14.8. The number of benzene rings is 2. The number of aromatic nitrogens is 2. The zero-order valence-corrected chi connectivity index (χ0v) is 12.6. The van der Waals surface area contributed by atoms with Crippen molar-refractivity contribution in [3.8, 4) is 0 Å². The van der Waals surface area contributed by atoms with E-state index in [1.54, 1.807) is 0 Å². The molecule has 3 rings (SSSR count). The lowest BCUT2D eigenvalue weighted by atomic mass is 9.90. The highest BCUT2D eigenvalue weighted by molar-refractivity contribution is 5.81. The second-order valence-corrected chi connectivity index (χ2v) is 5.58. The molecular formula is C18H21N3. The van der Waals surface area contributed by atoms with Gasteiger partial charge in [-0.15, -0.1) is 0 Å². The second kappa shape index (κ2) is 5.70. The van der Waals surface area contributed by atoms with Gasteiger partial charge in [-0.3, -0.25) is 4.68 Å². The lowest BCUT2D eigenvalue weighted by Gasteiger charge is -2.16. The molecule has 1 atom stereocenters. The standard InChI is InChI=1S/C18H21N3/c1-13-7-3-4-8-15(13)14(12-19)11-17-16-9-5-6-10-18(16)21(2)20-17/h3-10,14H,11-12,19H2,1-2H3. The summed E-state index contributed by atoms with van der Waals surface area (Å²) in [6.07, 6.45) is 0.878. The van der Waals surface area contributed by atoms with Crippen LogP contribution in [0.4, 0.5) is 0 Å². The summed E-state index contributed by atoms with van der Waals surface area (Å²) in [6, 6.07) is 16.9. The monoisotopic (exact) mass is 279 g/mol. The molecule has 0 fully saturated rings. The van der Waals surface area contributed by atoms with Crippen molar-refractivity contribution in [1.29, 1.82) is 0 Å². The third kappa shape index (κ3) is 2.57. The van der Waals surface area contributed by atoms with Crippen LogP contribution in [0.3, 0.4) is 0 Å². The van der Waals surface area contributed by atoms with E-state index in [1.165, 1.54) is 22.0 Å². The number of fused-ring (bicyclic) bond motifs is 1. The first-order chi connectivity index (χ1) is 10.2. The summed E-state index contributed by atoms with van der Waals surface area (Å²) in [5.41, 5.74) is 11.0. The molecule has 0 bridgehead atoms. The van der Waals surface area contributed by atoms with Crippen molar-refractivity contribution in [2.24, 2.45) is 12.8 Å². The summed E-state index contributed by atoms with van der Waals surface area (Å²) in [7, 11) is 2.00. The van der Waals surface area contributed by atoms with E-state index in [0.717, 1.165) is 12.1 Å². The summed E-state index contributed by atoms with van der Waals surface area (Å²) < 4.78 is 1.95. The molecule has 108 valence electrons. The molecule has 1 aromatic heterocycles. The van der Waals surface area contributed by atoms with Gasteiger partial charge in [0.05, 0.1) is 11.2 Å². The van der Waals surface area contributed by atoms with E-state index in [9.17, 15) is 0 Å². The number of rotatable bonds is 4. The van der Waals surface area contributed by atoms with Crippen LogP contribution < -0.4 is 5.73 Å². The Kier molecular flexibility index (Phi) is 3.76. The molecule has 1 unspecified atom stereocenters. The Labute approximate surface area is 125 Å². The van der Waals surface area contributed by atoms with Gasteiger partial charge < -0.3 is 5.73 Å². The zero-order valence-electron chi connectivity index (χ0n) is 12.6. The SMILES string of the molecule is Cc1ccccc1C(CN)Cc1nn(C)c2ccccc12. The smallest absolute Gasteiger partial charge is 0.0709 e. The molecule has 3 aromatic rings. The molecule has 0 aliphatic heterocycles. The Hall–Kier alpha value is -2.13. The van der Waals surface area contributed by atoms with Crippen molar-refractivity contribution >= 4 is 10.9 Å². The van der Waals surface area contributed by atoms with E-state index < -0.39 is 0 Å². The van der Waals surface area contributed by atoms with Gasteiger partial charge in [0.25, 0.3) is 0 Å². The van der Waals surface area contributed by atoms with E-state index in [-0.39, 0.29) is 0 Å². The molecule has 0 spiro atoms. The highest BCUT2D eigenvalue weighted by Crippen LogP contribution is 2.26. The quantitative estimate of drug-likeness (QED) is 0.797. The van der Waals surface area contributed by atoms with E-state index in [4.69, 9.17) is 10.8 Å². The van der Waals surface area contributed by atoms with Crippen molar-refractivity contribution in [2.75, 3.05) is 6.54 Å². The highest BCUT2D eigenvalue weighted by Gasteiger charge is 2.16. The second-order valence-electron chi connectivity index (χ2n) is 5.58. The van der Waals surface area contributed by atoms with Crippen LogP contribution in [0.15, 0.2) is 48.5 Å². The van der Waals surface area contributed by atoms with Crippen LogP contribution in [0.2, 0.25) is 0 Å². The lowest BCUT2D eigenvalue weighted by molar-refractivity contribution is 0.662. The lowest BCUT2D eigenvalue weighted by Crippen LogP contribution is -2.16. The third-order valence-electron chi connectivity index (χ3n) is 4.19. The maximum absolute atomic E-state index is 6.04. The molecule has 0 aliphatic rings. The van der Waals surface area contributed by atoms with Gasteiger partial charge in [-0.05, 0) is 30.7 Å². The first-order valence-electron chi connectivity index (χ1n) is 7.37. The predicted octanol–water partition coefficient (Wildman–Crippen LogP) is 3.17. The summed E-state index contributed by atoms with van der Waals surface area (Å²) in [5, 5.41) is 5.92.